The van der Waals surface area contributed by atoms with Crippen LogP contribution in [0.3, 0.4) is 0 Å². The first-order chi connectivity index (χ1) is 11.2. The molecule has 0 bridgehead atoms. The van der Waals surface area contributed by atoms with Gasteiger partial charge in [-0.1, -0.05) is 0 Å². The van der Waals surface area contributed by atoms with Crippen molar-refractivity contribution in [2.75, 3.05) is 6.79 Å². The van der Waals surface area contributed by atoms with Crippen LogP contribution < -0.4 is 15.2 Å². The maximum atomic E-state index is 12.2. The maximum absolute atomic E-state index is 12.2. The summed E-state index contributed by atoms with van der Waals surface area (Å²) in [5, 5.41) is 11.1. The molecular formula is C15H15N5O3. The fourth-order valence-electron chi connectivity index (χ4n) is 2.64. The van der Waals surface area contributed by atoms with Crippen LogP contribution in [0, 0.1) is 6.92 Å². The number of rotatable bonds is 3. The number of fused-ring (bicyclic) bond motifs is 1. The summed E-state index contributed by atoms with van der Waals surface area (Å²) in [7, 11) is 0. The van der Waals surface area contributed by atoms with Crippen molar-refractivity contribution in [1.82, 2.24) is 24.5 Å². The Balaban J connectivity index is 1.88. The Bertz CT molecular complexity index is 937. The Morgan fingerprint density at radius 3 is 2.91 bits per heavy atom. The van der Waals surface area contributed by atoms with Crippen molar-refractivity contribution in [3.63, 3.8) is 0 Å². The van der Waals surface area contributed by atoms with Gasteiger partial charge in [-0.05, 0) is 26.0 Å². The highest BCUT2D eigenvalue weighted by Crippen LogP contribution is 2.34. The normalized spacial score (nSPS) is 12.8. The lowest BCUT2D eigenvalue weighted by Crippen LogP contribution is -2.15. The molecule has 4 rings (SSSR count). The van der Waals surface area contributed by atoms with Crippen LogP contribution in [0.1, 0.15) is 12.6 Å². The van der Waals surface area contributed by atoms with Gasteiger partial charge in [0.15, 0.2) is 17.3 Å². The molecule has 3 heterocycles. The van der Waals surface area contributed by atoms with E-state index in [1.807, 2.05) is 24.7 Å². The smallest absolute Gasteiger partial charge is 0.348 e. The molecule has 0 saturated heterocycles. The third kappa shape index (κ3) is 2.10. The van der Waals surface area contributed by atoms with Gasteiger partial charge >= 0.3 is 5.69 Å². The van der Waals surface area contributed by atoms with Crippen LogP contribution in [0.25, 0.3) is 17.1 Å². The third-order valence-electron chi connectivity index (χ3n) is 3.80. The molecule has 0 aliphatic carbocycles. The highest BCUT2D eigenvalue weighted by molar-refractivity contribution is 5.61. The molecule has 8 nitrogen and oxygen atoms in total. The molecule has 3 aromatic rings. The van der Waals surface area contributed by atoms with E-state index >= 15 is 0 Å². The summed E-state index contributed by atoms with van der Waals surface area (Å²) in [6.45, 7) is 4.84. The summed E-state index contributed by atoms with van der Waals surface area (Å²) >= 11 is 0. The fourth-order valence-corrected chi connectivity index (χ4v) is 2.64. The standard InChI is InChI=1S/C15H15N5O3/c1-3-19-7-11(9(2)18-19)14-16-17-15(21)20(14)10-4-5-12-13(6-10)23-8-22-12/h4-7H,3,8H2,1-2H3,(H,17,21). The van der Waals surface area contributed by atoms with Crippen LogP contribution in [0.15, 0.2) is 29.2 Å². The van der Waals surface area contributed by atoms with Crippen LogP contribution in [-0.4, -0.2) is 31.3 Å². The van der Waals surface area contributed by atoms with Crippen molar-refractivity contribution < 1.29 is 9.47 Å². The molecule has 1 N–H and O–H groups in total. The Labute approximate surface area is 131 Å². The van der Waals surface area contributed by atoms with Crippen LogP contribution in [-0.2, 0) is 6.54 Å². The molecule has 118 valence electrons. The predicted molar refractivity (Wildman–Crippen MR) is 81.9 cm³/mol. The topological polar surface area (TPSA) is 87.0 Å². The van der Waals surface area contributed by atoms with Gasteiger partial charge in [0.25, 0.3) is 0 Å². The molecule has 1 aliphatic rings. The second-order valence-corrected chi connectivity index (χ2v) is 5.21. The van der Waals surface area contributed by atoms with Crippen molar-refractivity contribution in [3.05, 3.63) is 40.6 Å². The number of aromatic nitrogens is 5. The maximum Gasteiger partial charge on any atom is 0.348 e. The number of hydrogen-bond donors (Lipinski definition) is 1. The average Bonchev–Trinajstić information content (AvgIpc) is 3.24. The average molecular weight is 313 g/mol. The number of hydrogen-bond acceptors (Lipinski definition) is 5. The molecule has 0 radical (unpaired) electrons. The SMILES string of the molecule is CCn1cc(-c2n[nH]c(=O)n2-c2ccc3c(c2)OCO3)c(C)n1. The Morgan fingerprint density at radius 2 is 2.13 bits per heavy atom. The lowest BCUT2D eigenvalue weighted by atomic mass is 10.2. The highest BCUT2D eigenvalue weighted by atomic mass is 16.7. The molecule has 0 unspecified atom stereocenters. The summed E-state index contributed by atoms with van der Waals surface area (Å²) in [6.07, 6.45) is 1.88. The molecule has 0 amide bonds. The van der Waals surface area contributed by atoms with Crippen LogP contribution in [0.2, 0.25) is 0 Å². The fraction of sp³-hybridized carbons (Fsp3) is 0.267. The van der Waals surface area contributed by atoms with E-state index in [1.165, 1.54) is 4.57 Å². The van der Waals surface area contributed by atoms with Crippen LogP contribution >= 0.6 is 0 Å². The van der Waals surface area contributed by atoms with E-state index in [-0.39, 0.29) is 12.5 Å². The number of benzene rings is 1. The van der Waals surface area contributed by atoms with Gasteiger partial charge in [0.1, 0.15) is 0 Å². The first-order valence-corrected chi connectivity index (χ1v) is 7.29. The number of ether oxygens (including phenoxy) is 2. The molecular weight excluding hydrogens is 298 g/mol. The zero-order valence-corrected chi connectivity index (χ0v) is 12.7. The van der Waals surface area contributed by atoms with Crippen LogP contribution in [0.4, 0.5) is 0 Å². The zero-order chi connectivity index (χ0) is 16.0. The van der Waals surface area contributed by atoms with Crippen LogP contribution in [0.5, 0.6) is 11.5 Å². The predicted octanol–water partition coefficient (Wildman–Crippen LogP) is 1.48. The van der Waals surface area contributed by atoms with E-state index in [9.17, 15) is 4.79 Å². The number of aryl methyl sites for hydroxylation is 2. The van der Waals surface area contributed by atoms with E-state index < -0.39 is 0 Å². The first-order valence-electron chi connectivity index (χ1n) is 7.29. The van der Waals surface area contributed by atoms with E-state index in [2.05, 4.69) is 15.3 Å². The van der Waals surface area contributed by atoms with Crippen molar-refractivity contribution in [1.29, 1.82) is 0 Å². The van der Waals surface area contributed by atoms with E-state index in [1.54, 1.807) is 18.2 Å². The summed E-state index contributed by atoms with van der Waals surface area (Å²) in [5.74, 6) is 1.80. The molecule has 0 saturated carbocycles. The zero-order valence-electron chi connectivity index (χ0n) is 12.7. The van der Waals surface area contributed by atoms with E-state index in [0.717, 1.165) is 17.8 Å². The summed E-state index contributed by atoms with van der Waals surface area (Å²) in [4.78, 5) is 12.2. The quantitative estimate of drug-likeness (QED) is 0.791. The van der Waals surface area contributed by atoms with Gasteiger partial charge in [-0.15, -0.1) is 0 Å². The van der Waals surface area contributed by atoms with E-state index in [0.29, 0.717) is 23.0 Å². The number of aromatic amines is 1. The second kappa shape index (κ2) is 5.01. The molecule has 0 atom stereocenters. The molecule has 2 aromatic heterocycles. The van der Waals surface area contributed by atoms with Crippen molar-refractivity contribution in [3.8, 4) is 28.6 Å². The summed E-state index contributed by atoms with van der Waals surface area (Å²) in [6, 6.07) is 5.35. The summed E-state index contributed by atoms with van der Waals surface area (Å²) < 4.78 is 14.0. The van der Waals surface area contributed by atoms with E-state index in [4.69, 9.17) is 9.47 Å². The minimum atomic E-state index is -0.317. The second-order valence-electron chi connectivity index (χ2n) is 5.21. The minimum absolute atomic E-state index is 0.189. The van der Waals surface area contributed by atoms with Gasteiger partial charge in [-0.3, -0.25) is 4.68 Å². The Hall–Kier alpha value is -3.03. The molecule has 1 aliphatic heterocycles. The van der Waals surface area contributed by atoms with Gasteiger partial charge in [0.2, 0.25) is 6.79 Å². The molecule has 23 heavy (non-hydrogen) atoms. The Morgan fingerprint density at radius 1 is 1.30 bits per heavy atom. The first kappa shape index (κ1) is 13.6. The van der Waals surface area contributed by atoms with Gasteiger partial charge in [0.05, 0.1) is 16.9 Å². The number of H-pyrrole nitrogens is 1. The number of nitrogens with zero attached hydrogens (tertiary/aromatic N) is 4. The largest absolute Gasteiger partial charge is 0.454 e. The van der Waals surface area contributed by atoms with Crippen molar-refractivity contribution >= 4 is 0 Å². The minimum Gasteiger partial charge on any atom is -0.454 e. The molecule has 1 aromatic carbocycles. The molecule has 8 heteroatoms. The molecule has 0 fully saturated rings. The highest BCUT2D eigenvalue weighted by Gasteiger charge is 2.20. The van der Waals surface area contributed by atoms with Gasteiger partial charge in [0, 0.05) is 18.8 Å². The molecule has 0 spiro atoms. The summed E-state index contributed by atoms with van der Waals surface area (Å²) in [5.41, 5.74) is 1.96. The van der Waals surface area contributed by atoms with Gasteiger partial charge < -0.3 is 9.47 Å². The Kier molecular flexibility index (Phi) is 2.97. The van der Waals surface area contributed by atoms with Gasteiger partial charge in [-0.25, -0.2) is 14.5 Å². The van der Waals surface area contributed by atoms with Crippen molar-refractivity contribution in [2.24, 2.45) is 0 Å². The van der Waals surface area contributed by atoms with Crippen molar-refractivity contribution in [2.45, 2.75) is 20.4 Å². The third-order valence-corrected chi connectivity index (χ3v) is 3.80. The number of nitrogens with one attached hydrogen (secondary N) is 1. The lowest BCUT2D eigenvalue weighted by molar-refractivity contribution is 0.174. The van der Waals surface area contributed by atoms with Gasteiger partial charge in [-0.2, -0.15) is 10.2 Å². The monoisotopic (exact) mass is 313 g/mol. The lowest BCUT2D eigenvalue weighted by Gasteiger charge is -2.06.